The van der Waals surface area contributed by atoms with Gasteiger partial charge in [-0.05, 0) is 48.1 Å². The molecule has 1 amide bonds. The Balaban J connectivity index is 1.33. The number of phenolic OH excluding ortho intramolecular Hbond substituents is 1. The number of nitrogens with zero attached hydrogens (tertiary/aromatic N) is 7. The molecular weight excluding hydrogens is 544 g/mol. The number of terminal acetylenes is 1. The average Bonchev–Trinajstić information content (AvgIpc) is 3.69. The number of ether oxygens (including phenoxy) is 1. The third-order valence-electron chi connectivity index (χ3n) is 8.29. The topological polar surface area (TPSA) is 110 Å². The number of benzene rings is 3. The van der Waals surface area contributed by atoms with E-state index in [1.54, 1.807) is 17.0 Å². The number of fused-ring (bicyclic) bond motifs is 2. The van der Waals surface area contributed by atoms with Gasteiger partial charge in [0, 0.05) is 36.0 Å². The Morgan fingerprint density at radius 1 is 1.12 bits per heavy atom. The van der Waals surface area contributed by atoms with Crippen LogP contribution in [0.25, 0.3) is 32.8 Å². The van der Waals surface area contributed by atoms with E-state index in [-0.39, 0.29) is 40.0 Å². The molecule has 1 spiro atoms. The van der Waals surface area contributed by atoms with E-state index in [0.717, 1.165) is 6.42 Å². The van der Waals surface area contributed by atoms with Crippen LogP contribution in [0.1, 0.15) is 18.4 Å². The molecule has 3 aromatic carbocycles. The van der Waals surface area contributed by atoms with Crippen LogP contribution in [0.15, 0.2) is 49.1 Å². The first kappa shape index (κ1) is 25.6. The quantitative estimate of drug-likeness (QED) is 0.321. The zero-order chi connectivity index (χ0) is 29.2. The Bertz CT molecular complexity index is 1960. The standard InChI is InChI=1S/C30H23F2N7O3/c1-3-19-23(31)7-4-17-12-18(40)13-22(24(17)19)20-5-6-21-26(25(20)32)35-28(42-2)36-27(21)37-10-8-30(14-37)9-11-38(30)29(41)39-16-33-15-34-39/h1,4-7,12-13,15-16,40H,8-11,14H2,2H3. The molecule has 0 aliphatic carbocycles. The molecule has 10 nitrogen and oxygen atoms in total. The van der Waals surface area contributed by atoms with Crippen LogP contribution in [-0.2, 0) is 0 Å². The van der Waals surface area contributed by atoms with Gasteiger partial charge in [-0.15, -0.1) is 6.42 Å². The molecule has 5 aromatic rings. The Kier molecular flexibility index (Phi) is 5.72. The number of phenols is 1. The molecule has 7 rings (SSSR count). The fourth-order valence-electron chi connectivity index (χ4n) is 6.18. The highest BCUT2D eigenvalue weighted by atomic mass is 19.1. The lowest BCUT2D eigenvalue weighted by molar-refractivity contribution is 0.0400. The van der Waals surface area contributed by atoms with Crippen molar-refractivity contribution < 1.29 is 23.4 Å². The van der Waals surface area contributed by atoms with Gasteiger partial charge in [-0.1, -0.05) is 18.1 Å². The van der Waals surface area contributed by atoms with Crippen LogP contribution in [0.4, 0.5) is 19.4 Å². The van der Waals surface area contributed by atoms with Crippen LogP contribution in [0, 0.1) is 24.0 Å². The van der Waals surface area contributed by atoms with Gasteiger partial charge in [-0.25, -0.2) is 18.6 Å². The molecule has 1 unspecified atom stereocenters. The maximum Gasteiger partial charge on any atom is 0.346 e. The summed E-state index contributed by atoms with van der Waals surface area (Å²) >= 11 is 0. The van der Waals surface area contributed by atoms with Gasteiger partial charge in [0.1, 0.15) is 35.6 Å². The highest BCUT2D eigenvalue weighted by Crippen LogP contribution is 2.44. The van der Waals surface area contributed by atoms with E-state index in [0.29, 0.717) is 48.0 Å². The zero-order valence-corrected chi connectivity index (χ0v) is 22.4. The number of carbonyl (C=O) groups is 1. The summed E-state index contributed by atoms with van der Waals surface area (Å²) in [6, 6.07) is 8.46. The largest absolute Gasteiger partial charge is 0.508 e. The van der Waals surface area contributed by atoms with E-state index in [1.165, 1.54) is 48.7 Å². The number of likely N-dealkylation sites (tertiary alicyclic amines) is 1. The Morgan fingerprint density at radius 2 is 1.95 bits per heavy atom. The van der Waals surface area contributed by atoms with Gasteiger partial charge in [-0.3, -0.25) is 0 Å². The third-order valence-corrected chi connectivity index (χ3v) is 8.29. The fourth-order valence-corrected chi connectivity index (χ4v) is 6.18. The van der Waals surface area contributed by atoms with E-state index in [9.17, 15) is 14.3 Å². The molecule has 1 N–H and O–H groups in total. The van der Waals surface area contributed by atoms with Crippen molar-refractivity contribution >= 4 is 33.5 Å². The summed E-state index contributed by atoms with van der Waals surface area (Å²) in [5.41, 5.74) is -0.140. The Morgan fingerprint density at radius 3 is 2.67 bits per heavy atom. The van der Waals surface area contributed by atoms with Crippen molar-refractivity contribution in [3.63, 3.8) is 0 Å². The van der Waals surface area contributed by atoms with Crippen LogP contribution in [0.3, 0.4) is 0 Å². The van der Waals surface area contributed by atoms with Crippen molar-refractivity contribution in [1.29, 1.82) is 0 Å². The Hall–Kier alpha value is -5.31. The number of aromatic hydroxyl groups is 1. The zero-order valence-electron chi connectivity index (χ0n) is 22.4. The molecule has 12 heteroatoms. The molecule has 2 aromatic heterocycles. The fraction of sp³-hybridized carbons (Fsp3) is 0.233. The molecule has 2 saturated heterocycles. The monoisotopic (exact) mass is 567 g/mol. The minimum absolute atomic E-state index is 0.00499. The highest BCUT2D eigenvalue weighted by Gasteiger charge is 2.52. The molecular formula is C30H23F2N7O3. The molecule has 0 bridgehead atoms. The number of methoxy groups -OCH3 is 1. The summed E-state index contributed by atoms with van der Waals surface area (Å²) in [5, 5.41) is 15.6. The van der Waals surface area contributed by atoms with Gasteiger partial charge < -0.3 is 19.6 Å². The number of rotatable bonds is 3. The minimum atomic E-state index is -0.700. The van der Waals surface area contributed by atoms with Crippen molar-refractivity contribution in [1.82, 2.24) is 29.6 Å². The van der Waals surface area contributed by atoms with Gasteiger partial charge in [-0.2, -0.15) is 19.7 Å². The number of halogens is 2. The van der Waals surface area contributed by atoms with Crippen LogP contribution < -0.4 is 9.64 Å². The van der Waals surface area contributed by atoms with Gasteiger partial charge in [0.05, 0.1) is 18.2 Å². The van der Waals surface area contributed by atoms with E-state index in [2.05, 4.69) is 26.0 Å². The first-order valence-corrected chi connectivity index (χ1v) is 13.2. The molecule has 4 heterocycles. The van der Waals surface area contributed by atoms with Crippen molar-refractivity contribution in [3.05, 3.63) is 66.3 Å². The van der Waals surface area contributed by atoms with Crippen molar-refractivity contribution in [2.75, 3.05) is 31.6 Å². The van der Waals surface area contributed by atoms with Gasteiger partial charge in [0.25, 0.3) is 0 Å². The summed E-state index contributed by atoms with van der Waals surface area (Å²) in [7, 11) is 1.40. The molecule has 210 valence electrons. The SMILES string of the molecule is C#Cc1c(F)ccc2cc(O)cc(-c3ccc4c(N5CCC6(CCN6C(=O)n6cncn6)C5)nc(OC)nc4c3F)c12. The van der Waals surface area contributed by atoms with Crippen molar-refractivity contribution in [3.8, 4) is 35.2 Å². The molecule has 2 aliphatic heterocycles. The Labute approximate surface area is 238 Å². The smallest absolute Gasteiger partial charge is 0.346 e. The van der Waals surface area contributed by atoms with E-state index in [1.807, 2.05) is 4.90 Å². The number of hydrogen-bond donors (Lipinski definition) is 1. The van der Waals surface area contributed by atoms with Gasteiger partial charge >= 0.3 is 12.0 Å². The normalized spacial score (nSPS) is 18.0. The summed E-state index contributed by atoms with van der Waals surface area (Å²) in [6.45, 7) is 1.65. The van der Waals surface area contributed by atoms with E-state index < -0.39 is 17.2 Å². The third kappa shape index (κ3) is 3.73. The number of hydrogen-bond acceptors (Lipinski definition) is 8. The van der Waals surface area contributed by atoms with Crippen molar-refractivity contribution in [2.24, 2.45) is 0 Å². The highest BCUT2D eigenvalue weighted by molar-refractivity contribution is 6.04. The first-order valence-electron chi connectivity index (χ1n) is 13.2. The summed E-state index contributed by atoms with van der Waals surface area (Å²) in [5.74, 6) is 1.38. The predicted octanol–water partition coefficient (Wildman–Crippen LogP) is 4.34. The summed E-state index contributed by atoms with van der Waals surface area (Å²) < 4.78 is 37.7. The second-order valence-corrected chi connectivity index (χ2v) is 10.4. The predicted molar refractivity (Wildman–Crippen MR) is 150 cm³/mol. The maximum atomic E-state index is 16.4. The lowest BCUT2D eigenvalue weighted by Crippen LogP contribution is -2.64. The van der Waals surface area contributed by atoms with Crippen LogP contribution in [-0.4, -0.2) is 73.1 Å². The molecule has 42 heavy (non-hydrogen) atoms. The molecule has 1 atom stereocenters. The first-order chi connectivity index (χ1) is 20.3. The second kappa shape index (κ2) is 9.37. The maximum absolute atomic E-state index is 16.4. The van der Waals surface area contributed by atoms with E-state index >= 15 is 4.39 Å². The van der Waals surface area contributed by atoms with Gasteiger partial charge in [0.2, 0.25) is 0 Å². The lowest BCUT2D eigenvalue weighted by atomic mass is 9.84. The second-order valence-electron chi connectivity index (χ2n) is 10.4. The number of anilines is 1. The number of amides is 1. The summed E-state index contributed by atoms with van der Waals surface area (Å²) in [6.07, 6.45) is 9.82. The molecule has 0 saturated carbocycles. The van der Waals surface area contributed by atoms with Crippen LogP contribution in [0.2, 0.25) is 0 Å². The van der Waals surface area contributed by atoms with E-state index in [4.69, 9.17) is 11.2 Å². The minimum Gasteiger partial charge on any atom is -0.508 e. The molecule has 2 aliphatic rings. The molecule has 0 radical (unpaired) electrons. The van der Waals surface area contributed by atoms with Gasteiger partial charge in [0.15, 0.2) is 5.82 Å². The summed E-state index contributed by atoms with van der Waals surface area (Å²) in [4.78, 5) is 29.6. The average molecular weight is 568 g/mol. The number of carbonyl (C=O) groups excluding carboxylic acids is 1. The molecule has 2 fully saturated rings. The lowest BCUT2D eigenvalue weighted by Gasteiger charge is -2.50. The van der Waals surface area contributed by atoms with Crippen LogP contribution in [0.5, 0.6) is 11.8 Å². The van der Waals surface area contributed by atoms with Crippen molar-refractivity contribution in [2.45, 2.75) is 18.4 Å². The number of aromatic nitrogens is 5. The van der Waals surface area contributed by atoms with Crippen LogP contribution >= 0.6 is 0 Å².